The van der Waals surface area contributed by atoms with Crippen molar-refractivity contribution in [3.8, 4) is 11.1 Å². The lowest BCUT2D eigenvalue weighted by Crippen LogP contribution is -2.39. The Labute approximate surface area is 189 Å². The van der Waals surface area contributed by atoms with Crippen LogP contribution in [0.3, 0.4) is 0 Å². The first-order valence-electron chi connectivity index (χ1n) is 11.9. The van der Waals surface area contributed by atoms with Crippen LogP contribution in [0.4, 0.5) is 11.6 Å². The van der Waals surface area contributed by atoms with E-state index in [0.717, 1.165) is 73.1 Å². The normalized spacial score (nSPS) is 18.0. The Morgan fingerprint density at radius 3 is 2.59 bits per heavy atom. The molecule has 0 bridgehead atoms. The number of fused-ring (bicyclic) bond motifs is 1. The van der Waals surface area contributed by atoms with Crippen molar-refractivity contribution in [2.24, 2.45) is 0 Å². The minimum atomic E-state index is 0.509. The fourth-order valence-corrected chi connectivity index (χ4v) is 4.63. The topological polar surface area (TPSA) is 75.2 Å². The molecule has 3 heterocycles. The largest absolute Gasteiger partial charge is 0.379 e. The van der Waals surface area contributed by atoms with E-state index in [1.165, 1.54) is 32.1 Å². The number of hydrogen-bond acceptors (Lipinski definition) is 7. The molecule has 0 spiro atoms. The predicted octanol–water partition coefficient (Wildman–Crippen LogP) is 4.18. The summed E-state index contributed by atoms with van der Waals surface area (Å²) >= 11 is 0. The van der Waals surface area contributed by atoms with E-state index in [-0.39, 0.29) is 0 Å². The Hall–Kier alpha value is -2.77. The Kier molecular flexibility index (Phi) is 6.75. The maximum atomic E-state index is 5.41. The minimum Gasteiger partial charge on any atom is -0.379 e. The van der Waals surface area contributed by atoms with Gasteiger partial charge in [-0.25, -0.2) is 15.0 Å². The van der Waals surface area contributed by atoms with Crippen molar-refractivity contribution in [1.29, 1.82) is 0 Å². The van der Waals surface area contributed by atoms with Gasteiger partial charge in [-0.15, -0.1) is 0 Å². The van der Waals surface area contributed by atoms with Crippen LogP contribution >= 0.6 is 0 Å². The molecule has 2 N–H and O–H groups in total. The van der Waals surface area contributed by atoms with Crippen LogP contribution in [0.1, 0.15) is 32.1 Å². The zero-order valence-corrected chi connectivity index (χ0v) is 18.6. The van der Waals surface area contributed by atoms with Crippen molar-refractivity contribution in [2.75, 3.05) is 50.0 Å². The van der Waals surface area contributed by atoms with Gasteiger partial charge in [-0.3, -0.25) is 4.90 Å². The quantitative estimate of drug-likeness (QED) is 0.580. The molecule has 7 heteroatoms. The van der Waals surface area contributed by atoms with Gasteiger partial charge in [0, 0.05) is 49.4 Å². The molecule has 1 aromatic carbocycles. The molecule has 2 aliphatic rings. The molecule has 1 saturated heterocycles. The first-order chi connectivity index (χ1) is 15.8. The molecule has 1 aliphatic carbocycles. The van der Waals surface area contributed by atoms with Crippen molar-refractivity contribution in [1.82, 2.24) is 19.9 Å². The second-order valence-electron chi connectivity index (χ2n) is 8.75. The summed E-state index contributed by atoms with van der Waals surface area (Å²) in [5, 5.41) is 8.18. The van der Waals surface area contributed by atoms with Crippen molar-refractivity contribution in [3.63, 3.8) is 0 Å². The van der Waals surface area contributed by atoms with E-state index in [9.17, 15) is 0 Å². The Bertz CT molecular complexity index is 1010. The molecular weight excluding hydrogens is 400 g/mol. The molecule has 5 rings (SSSR count). The number of ether oxygens (including phenoxy) is 1. The minimum absolute atomic E-state index is 0.509. The predicted molar refractivity (Wildman–Crippen MR) is 129 cm³/mol. The number of pyridine rings is 1. The highest BCUT2D eigenvalue weighted by Crippen LogP contribution is 2.29. The number of morpholine rings is 1. The van der Waals surface area contributed by atoms with E-state index in [1.807, 2.05) is 6.20 Å². The second-order valence-corrected chi connectivity index (χ2v) is 8.75. The summed E-state index contributed by atoms with van der Waals surface area (Å²) in [7, 11) is 0. The lowest BCUT2D eigenvalue weighted by molar-refractivity contribution is 0.0398. The van der Waals surface area contributed by atoms with Gasteiger partial charge in [0.05, 0.1) is 18.7 Å². The lowest BCUT2D eigenvalue weighted by atomic mass is 9.95. The number of anilines is 2. The molecule has 7 nitrogen and oxygen atoms in total. The number of benzene rings is 1. The van der Waals surface area contributed by atoms with Gasteiger partial charge in [0.2, 0.25) is 0 Å². The SMILES string of the molecule is c1nc(NC2CCCCC2)c2cc(-c3ccc(NCCN4CCOCC4)nc3)ccc2n1. The summed E-state index contributed by atoms with van der Waals surface area (Å²) in [4.78, 5) is 16.1. The van der Waals surface area contributed by atoms with Gasteiger partial charge in [-0.1, -0.05) is 25.3 Å². The van der Waals surface area contributed by atoms with Crippen LogP contribution in [-0.4, -0.2) is 65.3 Å². The van der Waals surface area contributed by atoms with Crippen LogP contribution in [0, 0.1) is 0 Å². The first kappa shape index (κ1) is 21.1. The maximum Gasteiger partial charge on any atom is 0.137 e. The fourth-order valence-electron chi connectivity index (χ4n) is 4.63. The Morgan fingerprint density at radius 2 is 1.78 bits per heavy atom. The third kappa shape index (κ3) is 5.16. The van der Waals surface area contributed by atoms with Gasteiger partial charge < -0.3 is 15.4 Å². The molecule has 0 amide bonds. The van der Waals surface area contributed by atoms with E-state index >= 15 is 0 Å². The molecular formula is C25H32N6O. The average Bonchev–Trinajstić information content (AvgIpc) is 2.86. The maximum absolute atomic E-state index is 5.41. The summed E-state index contributed by atoms with van der Waals surface area (Å²) in [5.41, 5.74) is 3.20. The summed E-state index contributed by atoms with van der Waals surface area (Å²) < 4.78 is 5.41. The number of hydrogen-bond donors (Lipinski definition) is 2. The number of nitrogens with one attached hydrogen (secondary N) is 2. The van der Waals surface area contributed by atoms with Gasteiger partial charge in [0.25, 0.3) is 0 Å². The molecule has 2 fully saturated rings. The summed E-state index contributed by atoms with van der Waals surface area (Å²) in [6.07, 6.45) is 9.97. The first-order valence-corrected chi connectivity index (χ1v) is 11.9. The molecule has 3 aromatic rings. The van der Waals surface area contributed by atoms with Gasteiger partial charge in [0.15, 0.2) is 0 Å². The van der Waals surface area contributed by atoms with Gasteiger partial charge in [-0.2, -0.15) is 0 Å². The molecule has 168 valence electrons. The molecule has 0 radical (unpaired) electrons. The summed E-state index contributed by atoms with van der Waals surface area (Å²) in [5.74, 6) is 1.85. The third-order valence-corrected chi connectivity index (χ3v) is 6.52. The number of aromatic nitrogens is 3. The third-order valence-electron chi connectivity index (χ3n) is 6.52. The average molecular weight is 433 g/mol. The van der Waals surface area contributed by atoms with Crippen molar-refractivity contribution in [3.05, 3.63) is 42.9 Å². The van der Waals surface area contributed by atoms with Crippen molar-refractivity contribution >= 4 is 22.5 Å². The lowest BCUT2D eigenvalue weighted by Gasteiger charge is -2.26. The number of nitrogens with zero attached hydrogens (tertiary/aromatic N) is 4. The van der Waals surface area contributed by atoms with E-state index in [2.05, 4.69) is 60.8 Å². The molecule has 32 heavy (non-hydrogen) atoms. The monoisotopic (exact) mass is 432 g/mol. The second kappa shape index (κ2) is 10.2. The summed E-state index contributed by atoms with van der Waals surface area (Å²) in [6.45, 7) is 5.59. The highest BCUT2D eigenvalue weighted by Gasteiger charge is 2.15. The molecule has 2 aromatic heterocycles. The van der Waals surface area contributed by atoms with E-state index in [4.69, 9.17) is 4.74 Å². The Balaban J connectivity index is 1.26. The highest BCUT2D eigenvalue weighted by molar-refractivity contribution is 5.92. The molecule has 0 unspecified atom stereocenters. The smallest absolute Gasteiger partial charge is 0.137 e. The molecule has 0 atom stereocenters. The highest BCUT2D eigenvalue weighted by atomic mass is 16.5. The van der Waals surface area contributed by atoms with Crippen LogP contribution < -0.4 is 10.6 Å². The van der Waals surface area contributed by atoms with Gasteiger partial charge >= 0.3 is 0 Å². The van der Waals surface area contributed by atoms with Crippen LogP contribution in [0.25, 0.3) is 22.0 Å². The van der Waals surface area contributed by atoms with Gasteiger partial charge in [-0.05, 0) is 42.7 Å². The summed E-state index contributed by atoms with van der Waals surface area (Å²) in [6, 6.07) is 11.1. The van der Waals surface area contributed by atoms with Crippen LogP contribution in [-0.2, 0) is 4.74 Å². The van der Waals surface area contributed by atoms with Crippen LogP contribution in [0.5, 0.6) is 0 Å². The molecule has 1 aliphatic heterocycles. The zero-order chi connectivity index (χ0) is 21.6. The van der Waals surface area contributed by atoms with E-state index in [1.54, 1.807) is 6.33 Å². The number of rotatable bonds is 7. The standard InChI is InChI=1S/C25H32N6O/c1-2-4-21(5-3-1)30-25-22-16-19(6-8-23(22)28-18-29-25)20-7-9-24(27-17-20)26-10-11-31-12-14-32-15-13-31/h6-9,16-18,21H,1-5,10-15H2,(H,26,27)(H,28,29,30). The van der Waals surface area contributed by atoms with Crippen LogP contribution in [0.15, 0.2) is 42.9 Å². The Morgan fingerprint density at radius 1 is 0.938 bits per heavy atom. The fraction of sp³-hybridized carbons (Fsp3) is 0.480. The van der Waals surface area contributed by atoms with E-state index < -0.39 is 0 Å². The van der Waals surface area contributed by atoms with Crippen LogP contribution in [0.2, 0.25) is 0 Å². The van der Waals surface area contributed by atoms with Crippen molar-refractivity contribution in [2.45, 2.75) is 38.1 Å². The zero-order valence-electron chi connectivity index (χ0n) is 18.6. The van der Waals surface area contributed by atoms with Gasteiger partial charge in [0.1, 0.15) is 18.0 Å². The molecule has 1 saturated carbocycles. The van der Waals surface area contributed by atoms with E-state index in [0.29, 0.717) is 6.04 Å². The van der Waals surface area contributed by atoms with Crippen molar-refractivity contribution < 1.29 is 4.74 Å².